The maximum absolute atomic E-state index is 13.3. The van der Waals surface area contributed by atoms with Crippen molar-refractivity contribution in [2.45, 2.75) is 13.8 Å². The summed E-state index contributed by atoms with van der Waals surface area (Å²) in [7, 11) is 1.48. The van der Waals surface area contributed by atoms with Gasteiger partial charge in [-0.1, -0.05) is 5.16 Å². The van der Waals surface area contributed by atoms with E-state index >= 15 is 0 Å². The lowest BCUT2D eigenvalue weighted by Gasteiger charge is -2.13. The zero-order chi connectivity index (χ0) is 22.8. The molecule has 0 fully saturated rings. The SMILES string of the molecule is COc1ccc(NC(C)=O)cc1NC(=O)c1cc(-c2ccc(F)cc2)nc2onc(C)c12. The molecule has 2 amide bonds. The van der Waals surface area contributed by atoms with Gasteiger partial charge in [0.1, 0.15) is 11.6 Å². The van der Waals surface area contributed by atoms with Crippen LogP contribution >= 0.6 is 0 Å². The van der Waals surface area contributed by atoms with Gasteiger partial charge in [-0.2, -0.15) is 0 Å². The molecule has 0 bridgehead atoms. The predicted molar refractivity (Wildman–Crippen MR) is 117 cm³/mol. The first kappa shape index (κ1) is 21.0. The maximum atomic E-state index is 13.3. The lowest BCUT2D eigenvalue weighted by molar-refractivity contribution is -0.114. The third-order valence-electron chi connectivity index (χ3n) is 4.77. The molecule has 0 aliphatic carbocycles. The van der Waals surface area contributed by atoms with E-state index in [0.717, 1.165) is 0 Å². The average Bonchev–Trinajstić information content (AvgIpc) is 3.14. The van der Waals surface area contributed by atoms with Gasteiger partial charge < -0.3 is 19.9 Å². The Kier molecular flexibility index (Phi) is 5.55. The molecule has 2 N–H and O–H groups in total. The summed E-state index contributed by atoms with van der Waals surface area (Å²) in [5.41, 5.74) is 2.88. The van der Waals surface area contributed by atoms with Gasteiger partial charge in [-0.3, -0.25) is 9.59 Å². The smallest absolute Gasteiger partial charge is 0.259 e. The van der Waals surface area contributed by atoms with E-state index in [9.17, 15) is 14.0 Å². The van der Waals surface area contributed by atoms with Crippen LogP contribution in [0.2, 0.25) is 0 Å². The second-order valence-electron chi connectivity index (χ2n) is 7.06. The number of aryl methyl sites for hydroxylation is 1. The van der Waals surface area contributed by atoms with Crippen LogP contribution in [0.15, 0.2) is 53.1 Å². The van der Waals surface area contributed by atoms with Crippen molar-refractivity contribution in [1.82, 2.24) is 10.1 Å². The molecule has 0 unspecified atom stereocenters. The Morgan fingerprint density at radius 2 is 1.81 bits per heavy atom. The first-order valence-corrected chi connectivity index (χ1v) is 9.65. The predicted octanol–water partition coefficient (Wildman–Crippen LogP) is 4.56. The van der Waals surface area contributed by atoms with Crippen LogP contribution in [0.3, 0.4) is 0 Å². The van der Waals surface area contributed by atoms with Crippen molar-refractivity contribution >= 4 is 34.3 Å². The van der Waals surface area contributed by atoms with E-state index in [-0.39, 0.29) is 23.0 Å². The Hall–Kier alpha value is -4.27. The number of amides is 2. The van der Waals surface area contributed by atoms with E-state index in [1.807, 2.05) is 0 Å². The average molecular weight is 434 g/mol. The fourth-order valence-electron chi connectivity index (χ4n) is 3.32. The van der Waals surface area contributed by atoms with Crippen LogP contribution in [0.25, 0.3) is 22.4 Å². The number of ether oxygens (including phenoxy) is 1. The standard InChI is InChI=1S/C23H19FN4O4/c1-12-21-17(11-18(27-23(21)32-28-12)14-4-6-15(24)7-5-14)22(30)26-19-10-16(25-13(2)29)8-9-20(19)31-3/h4-11H,1-3H3,(H,25,29)(H,26,30). The summed E-state index contributed by atoms with van der Waals surface area (Å²) in [5.74, 6) is -0.661. The molecule has 0 radical (unpaired) electrons. The van der Waals surface area contributed by atoms with Gasteiger partial charge in [-0.05, 0) is 55.5 Å². The lowest BCUT2D eigenvalue weighted by atomic mass is 10.0. The molecule has 0 saturated carbocycles. The second kappa shape index (κ2) is 8.46. The number of hydrogen-bond donors (Lipinski definition) is 2. The number of hydrogen-bond acceptors (Lipinski definition) is 6. The number of nitrogens with one attached hydrogen (secondary N) is 2. The summed E-state index contributed by atoms with van der Waals surface area (Å²) in [6.45, 7) is 3.10. The Balaban J connectivity index is 1.77. The number of carbonyl (C=O) groups is 2. The summed E-state index contributed by atoms with van der Waals surface area (Å²) in [6.07, 6.45) is 0. The molecular weight excluding hydrogens is 415 g/mol. The molecule has 0 spiro atoms. The number of anilines is 2. The quantitative estimate of drug-likeness (QED) is 0.477. The normalized spacial score (nSPS) is 10.8. The van der Waals surface area contributed by atoms with E-state index in [1.54, 1.807) is 43.3 Å². The number of nitrogens with zero attached hydrogens (tertiary/aromatic N) is 2. The zero-order valence-corrected chi connectivity index (χ0v) is 17.5. The minimum Gasteiger partial charge on any atom is -0.495 e. The third-order valence-corrected chi connectivity index (χ3v) is 4.77. The molecule has 2 aromatic heterocycles. The van der Waals surface area contributed by atoms with Gasteiger partial charge in [-0.15, -0.1) is 0 Å². The minimum atomic E-state index is -0.453. The van der Waals surface area contributed by atoms with Crippen molar-refractivity contribution in [3.8, 4) is 17.0 Å². The van der Waals surface area contributed by atoms with Gasteiger partial charge in [-0.25, -0.2) is 9.37 Å². The van der Waals surface area contributed by atoms with Crippen LogP contribution in [0.1, 0.15) is 23.0 Å². The van der Waals surface area contributed by atoms with E-state index in [1.165, 1.54) is 26.2 Å². The molecule has 0 atom stereocenters. The number of benzene rings is 2. The fraction of sp³-hybridized carbons (Fsp3) is 0.130. The molecule has 2 aromatic carbocycles. The van der Waals surface area contributed by atoms with E-state index in [2.05, 4.69) is 20.8 Å². The van der Waals surface area contributed by atoms with E-state index < -0.39 is 5.91 Å². The van der Waals surface area contributed by atoms with E-state index in [0.29, 0.717) is 39.5 Å². The van der Waals surface area contributed by atoms with Crippen LogP contribution in [0, 0.1) is 12.7 Å². The van der Waals surface area contributed by atoms with Crippen LogP contribution in [-0.2, 0) is 4.79 Å². The molecular formula is C23H19FN4O4. The number of fused-ring (bicyclic) bond motifs is 1. The number of rotatable bonds is 5. The van der Waals surface area contributed by atoms with Gasteiger partial charge in [0.2, 0.25) is 5.91 Å². The van der Waals surface area contributed by atoms with Gasteiger partial charge in [0.05, 0.1) is 35.1 Å². The van der Waals surface area contributed by atoms with Crippen molar-refractivity contribution in [3.63, 3.8) is 0 Å². The molecule has 0 aliphatic heterocycles. The highest BCUT2D eigenvalue weighted by Gasteiger charge is 2.21. The van der Waals surface area contributed by atoms with Crippen LogP contribution < -0.4 is 15.4 Å². The van der Waals surface area contributed by atoms with Crippen molar-refractivity contribution in [3.05, 3.63) is 65.6 Å². The Labute approximate surface area is 182 Å². The number of methoxy groups -OCH3 is 1. The maximum Gasteiger partial charge on any atom is 0.259 e. The van der Waals surface area contributed by atoms with E-state index in [4.69, 9.17) is 9.26 Å². The molecule has 162 valence electrons. The van der Waals surface area contributed by atoms with Crippen molar-refractivity contribution in [2.75, 3.05) is 17.7 Å². The molecule has 9 heteroatoms. The van der Waals surface area contributed by atoms with Crippen LogP contribution in [0.4, 0.5) is 15.8 Å². The number of halogens is 1. The molecule has 4 aromatic rings. The molecule has 8 nitrogen and oxygen atoms in total. The highest BCUT2D eigenvalue weighted by atomic mass is 19.1. The van der Waals surface area contributed by atoms with Crippen LogP contribution in [-0.4, -0.2) is 29.1 Å². The van der Waals surface area contributed by atoms with Crippen molar-refractivity contribution < 1.29 is 23.2 Å². The van der Waals surface area contributed by atoms with Crippen LogP contribution in [0.5, 0.6) is 5.75 Å². The number of aromatic nitrogens is 2. The topological polar surface area (TPSA) is 106 Å². The molecule has 0 aliphatic rings. The highest BCUT2D eigenvalue weighted by molar-refractivity contribution is 6.13. The summed E-state index contributed by atoms with van der Waals surface area (Å²) in [4.78, 5) is 29.1. The number of pyridine rings is 1. The molecule has 0 saturated heterocycles. The zero-order valence-electron chi connectivity index (χ0n) is 17.5. The Morgan fingerprint density at radius 1 is 1.06 bits per heavy atom. The molecule has 32 heavy (non-hydrogen) atoms. The van der Waals surface area contributed by atoms with Gasteiger partial charge in [0.25, 0.3) is 11.6 Å². The third kappa shape index (κ3) is 4.13. The first-order valence-electron chi connectivity index (χ1n) is 9.65. The molecule has 4 rings (SSSR count). The summed E-state index contributed by atoms with van der Waals surface area (Å²) < 4.78 is 24.0. The Bertz CT molecular complexity index is 1330. The van der Waals surface area contributed by atoms with Gasteiger partial charge >= 0.3 is 0 Å². The van der Waals surface area contributed by atoms with Crippen molar-refractivity contribution in [1.29, 1.82) is 0 Å². The number of carbonyl (C=O) groups excluding carboxylic acids is 2. The minimum absolute atomic E-state index is 0.188. The highest BCUT2D eigenvalue weighted by Crippen LogP contribution is 2.31. The summed E-state index contributed by atoms with van der Waals surface area (Å²) >= 11 is 0. The summed E-state index contributed by atoms with van der Waals surface area (Å²) in [5, 5.41) is 9.87. The second-order valence-corrected chi connectivity index (χ2v) is 7.06. The fourth-order valence-corrected chi connectivity index (χ4v) is 3.32. The van der Waals surface area contributed by atoms with Gasteiger partial charge in [0.15, 0.2) is 0 Å². The largest absolute Gasteiger partial charge is 0.495 e. The Morgan fingerprint density at radius 3 is 2.50 bits per heavy atom. The summed E-state index contributed by atoms with van der Waals surface area (Å²) in [6, 6.07) is 12.2. The first-order chi connectivity index (χ1) is 15.4. The van der Waals surface area contributed by atoms with Gasteiger partial charge in [0, 0.05) is 18.2 Å². The van der Waals surface area contributed by atoms with Crippen molar-refractivity contribution in [2.24, 2.45) is 0 Å². The monoisotopic (exact) mass is 434 g/mol. The lowest BCUT2D eigenvalue weighted by Crippen LogP contribution is -2.14. The molecule has 2 heterocycles.